The predicted octanol–water partition coefficient (Wildman–Crippen LogP) is 2.25. The van der Waals surface area contributed by atoms with E-state index in [1.54, 1.807) is 12.1 Å². The van der Waals surface area contributed by atoms with Crippen molar-refractivity contribution >= 4 is 16.8 Å². The topological polar surface area (TPSA) is 82.5 Å². The number of nitrogens with one attached hydrogen (secondary N) is 1. The molecule has 0 aliphatic heterocycles. The van der Waals surface area contributed by atoms with Crippen LogP contribution in [0.25, 0.3) is 10.9 Å². The zero-order valence-corrected chi connectivity index (χ0v) is 15.3. The molecule has 7 heteroatoms. The van der Waals surface area contributed by atoms with E-state index in [0.29, 0.717) is 22.4 Å². The quantitative estimate of drug-likeness (QED) is 0.828. The third-order valence-corrected chi connectivity index (χ3v) is 4.86. The first-order valence-corrected chi connectivity index (χ1v) is 9.03. The Balaban J connectivity index is 1.80. The number of fused-ring (bicyclic) bond motifs is 1. The molecule has 1 heterocycles. The van der Waals surface area contributed by atoms with Crippen molar-refractivity contribution < 1.29 is 14.3 Å². The zero-order chi connectivity index (χ0) is 18.5. The van der Waals surface area contributed by atoms with E-state index in [2.05, 4.69) is 10.3 Å². The second-order valence-corrected chi connectivity index (χ2v) is 6.66. The van der Waals surface area contributed by atoms with Gasteiger partial charge in [0.15, 0.2) is 11.5 Å². The molecule has 1 aliphatic rings. The van der Waals surface area contributed by atoms with E-state index in [-0.39, 0.29) is 24.1 Å². The normalized spacial score (nSPS) is 15.5. The van der Waals surface area contributed by atoms with Gasteiger partial charge in [-0.15, -0.1) is 0 Å². The van der Waals surface area contributed by atoms with Gasteiger partial charge in [0.25, 0.3) is 5.56 Å². The van der Waals surface area contributed by atoms with Crippen LogP contribution in [0.2, 0.25) is 0 Å². The molecule has 1 aliphatic carbocycles. The molecule has 1 amide bonds. The fourth-order valence-corrected chi connectivity index (χ4v) is 3.45. The summed E-state index contributed by atoms with van der Waals surface area (Å²) < 4.78 is 11.8. The van der Waals surface area contributed by atoms with E-state index in [4.69, 9.17) is 9.47 Å². The van der Waals surface area contributed by atoms with Crippen LogP contribution in [-0.4, -0.2) is 35.7 Å². The maximum atomic E-state index is 12.7. The summed E-state index contributed by atoms with van der Waals surface area (Å²) in [5.41, 5.74) is 0.236. The van der Waals surface area contributed by atoms with Gasteiger partial charge in [-0.1, -0.05) is 25.7 Å². The van der Waals surface area contributed by atoms with Crippen LogP contribution in [0.5, 0.6) is 11.5 Å². The summed E-state index contributed by atoms with van der Waals surface area (Å²) in [4.78, 5) is 29.4. The molecule has 1 N–H and O–H groups in total. The van der Waals surface area contributed by atoms with Crippen LogP contribution in [0.4, 0.5) is 0 Å². The molecule has 1 fully saturated rings. The summed E-state index contributed by atoms with van der Waals surface area (Å²) in [5.74, 6) is 0.816. The number of ether oxygens (including phenoxy) is 2. The molecular weight excluding hydrogens is 334 g/mol. The van der Waals surface area contributed by atoms with Crippen molar-refractivity contribution in [3.63, 3.8) is 0 Å². The maximum absolute atomic E-state index is 12.7. The number of carbonyl (C=O) groups excluding carboxylic acids is 1. The fraction of sp³-hybridized carbons (Fsp3) is 0.526. The van der Waals surface area contributed by atoms with E-state index >= 15 is 0 Å². The van der Waals surface area contributed by atoms with Gasteiger partial charge < -0.3 is 14.8 Å². The number of nitrogens with zero attached hydrogens (tertiary/aromatic N) is 2. The Labute approximate surface area is 152 Å². The van der Waals surface area contributed by atoms with Crippen LogP contribution >= 0.6 is 0 Å². The Kier molecular flexibility index (Phi) is 5.75. The van der Waals surface area contributed by atoms with Crippen molar-refractivity contribution in [3.8, 4) is 11.5 Å². The van der Waals surface area contributed by atoms with E-state index < -0.39 is 0 Å². The van der Waals surface area contributed by atoms with Crippen molar-refractivity contribution in [2.45, 2.75) is 51.1 Å². The molecule has 2 aromatic rings. The summed E-state index contributed by atoms with van der Waals surface area (Å²) in [7, 11) is 3.04. The van der Waals surface area contributed by atoms with Gasteiger partial charge in [-0.25, -0.2) is 4.98 Å². The summed E-state index contributed by atoms with van der Waals surface area (Å²) in [6, 6.07) is 3.47. The molecule has 3 rings (SSSR count). The first-order chi connectivity index (χ1) is 12.6. The average Bonchev–Trinajstić information content (AvgIpc) is 2.91. The summed E-state index contributed by atoms with van der Waals surface area (Å²) in [5, 5.41) is 3.45. The average molecular weight is 359 g/mol. The minimum atomic E-state index is -0.271. The van der Waals surface area contributed by atoms with Gasteiger partial charge in [0.2, 0.25) is 5.91 Å². The highest BCUT2D eigenvalue weighted by atomic mass is 16.5. The zero-order valence-electron chi connectivity index (χ0n) is 15.3. The van der Waals surface area contributed by atoms with Crippen molar-refractivity contribution in [1.82, 2.24) is 14.9 Å². The summed E-state index contributed by atoms with van der Waals surface area (Å²) in [6.07, 6.45) is 8.16. The lowest BCUT2D eigenvalue weighted by atomic mass is 10.1. The van der Waals surface area contributed by atoms with Crippen LogP contribution in [0.3, 0.4) is 0 Å². The number of carbonyl (C=O) groups is 1. The van der Waals surface area contributed by atoms with Crippen LogP contribution in [0.15, 0.2) is 23.3 Å². The first kappa shape index (κ1) is 18.2. The molecule has 140 valence electrons. The summed E-state index contributed by atoms with van der Waals surface area (Å²) in [6.45, 7) is -0.0351. The second kappa shape index (κ2) is 8.21. The van der Waals surface area contributed by atoms with Crippen molar-refractivity contribution in [1.29, 1.82) is 0 Å². The smallest absolute Gasteiger partial charge is 0.261 e. The molecule has 0 radical (unpaired) electrons. The molecule has 0 bridgehead atoms. The SMILES string of the molecule is COc1cc2ncn(CC(=O)NC3CCCCCC3)c(=O)c2cc1OC. The number of aromatic nitrogens is 2. The highest BCUT2D eigenvalue weighted by Gasteiger charge is 2.16. The van der Waals surface area contributed by atoms with E-state index in [1.807, 2.05) is 0 Å². The van der Waals surface area contributed by atoms with Crippen molar-refractivity contribution in [3.05, 3.63) is 28.8 Å². The number of benzene rings is 1. The van der Waals surface area contributed by atoms with Crippen LogP contribution in [0.1, 0.15) is 38.5 Å². The minimum absolute atomic E-state index is 0.0351. The van der Waals surface area contributed by atoms with Crippen molar-refractivity contribution in [2.24, 2.45) is 0 Å². The minimum Gasteiger partial charge on any atom is -0.493 e. The number of rotatable bonds is 5. The van der Waals surface area contributed by atoms with Crippen LogP contribution in [0, 0.1) is 0 Å². The molecule has 7 nitrogen and oxygen atoms in total. The molecule has 1 saturated carbocycles. The number of hydrogen-bond acceptors (Lipinski definition) is 5. The Morgan fingerprint density at radius 2 is 1.81 bits per heavy atom. The van der Waals surface area contributed by atoms with E-state index in [9.17, 15) is 9.59 Å². The van der Waals surface area contributed by atoms with Gasteiger partial charge in [-0.2, -0.15) is 0 Å². The van der Waals surface area contributed by atoms with Crippen LogP contribution < -0.4 is 20.3 Å². The van der Waals surface area contributed by atoms with Gasteiger partial charge in [0.05, 0.1) is 31.4 Å². The first-order valence-electron chi connectivity index (χ1n) is 9.03. The van der Waals surface area contributed by atoms with Gasteiger partial charge >= 0.3 is 0 Å². The Morgan fingerprint density at radius 1 is 1.15 bits per heavy atom. The Morgan fingerprint density at radius 3 is 2.46 bits per heavy atom. The molecular formula is C19H25N3O4. The Hall–Kier alpha value is -2.57. The molecule has 1 aromatic carbocycles. The molecule has 0 unspecified atom stereocenters. The molecule has 0 spiro atoms. The van der Waals surface area contributed by atoms with Crippen molar-refractivity contribution in [2.75, 3.05) is 14.2 Å². The van der Waals surface area contributed by atoms with Gasteiger partial charge in [0, 0.05) is 12.1 Å². The standard InChI is InChI=1S/C19H25N3O4/c1-25-16-9-14-15(10-17(16)26-2)20-12-22(19(14)24)11-18(23)21-13-7-5-3-4-6-8-13/h9-10,12-13H,3-8,11H2,1-2H3,(H,21,23). The molecule has 0 saturated heterocycles. The van der Waals surface area contributed by atoms with E-state index in [1.165, 1.54) is 38.0 Å². The number of hydrogen-bond donors (Lipinski definition) is 1. The summed E-state index contributed by atoms with van der Waals surface area (Å²) >= 11 is 0. The maximum Gasteiger partial charge on any atom is 0.261 e. The largest absolute Gasteiger partial charge is 0.493 e. The molecule has 0 atom stereocenters. The van der Waals surface area contributed by atoms with Gasteiger partial charge in [-0.3, -0.25) is 14.2 Å². The van der Waals surface area contributed by atoms with Gasteiger partial charge in [-0.05, 0) is 18.9 Å². The lowest BCUT2D eigenvalue weighted by molar-refractivity contribution is -0.122. The highest BCUT2D eigenvalue weighted by Crippen LogP contribution is 2.29. The van der Waals surface area contributed by atoms with Gasteiger partial charge in [0.1, 0.15) is 6.54 Å². The number of amides is 1. The number of methoxy groups -OCH3 is 2. The predicted molar refractivity (Wildman–Crippen MR) is 98.7 cm³/mol. The third-order valence-electron chi connectivity index (χ3n) is 4.86. The Bertz CT molecular complexity index is 839. The fourth-order valence-electron chi connectivity index (χ4n) is 3.45. The third kappa shape index (κ3) is 3.98. The second-order valence-electron chi connectivity index (χ2n) is 6.66. The molecule has 26 heavy (non-hydrogen) atoms. The highest BCUT2D eigenvalue weighted by molar-refractivity contribution is 5.82. The van der Waals surface area contributed by atoms with Crippen LogP contribution in [-0.2, 0) is 11.3 Å². The lowest BCUT2D eigenvalue weighted by Crippen LogP contribution is -2.38. The lowest BCUT2D eigenvalue weighted by Gasteiger charge is -2.16. The monoisotopic (exact) mass is 359 g/mol. The molecule has 1 aromatic heterocycles. The van der Waals surface area contributed by atoms with E-state index in [0.717, 1.165) is 25.7 Å².